The van der Waals surface area contributed by atoms with E-state index in [1.54, 1.807) is 32.9 Å². The molecule has 7 nitrogen and oxygen atoms in total. The zero-order valence-electron chi connectivity index (χ0n) is 16.2. The zero-order chi connectivity index (χ0) is 19.5. The van der Waals surface area contributed by atoms with Crippen molar-refractivity contribution in [3.63, 3.8) is 0 Å². The topological polar surface area (TPSA) is 85.9 Å². The molecule has 0 aromatic heterocycles. The average molecular weight is 376 g/mol. The van der Waals surface area contributed by atoms with E-state index in [0.717, 1.165) is 31.4 Å². The molecule has 2 N–H and O–H groups in total. The third-order valence-electron chi connectivity index (χ3n) is 4.46. The van der Waals surface area contributed by atoms with Crippen molar-refractivity contribution in [2.45, 2.75) is 70.7 Å². The molecular weight excluding hydrogens is 348 g/mol. The van der Waals surface area contributed by atoms with Gasteiger partial charge in [0.25, 0.3) is 5.79 Å². The van der Waals surface area contributed by atoms with Gasteiger partial charge in [-0.25, -0.2) is 4.79 Å². The van der Waals surface area contributed by atoms with Gasteiger partial charge in [-0.05, 0) is 45.7 Å². The summed E-state index contributed by atoms with van der Waals surface area (Å²) in [5.74, 6) is 0.668. The monoisotopic (exact) mass is 376 g/mol. The van der Waals surface area contributed by atoms with Crippen LogP contribution in [-0.2, 0) is 9.53 Å². The molecule has 1 aliphatic heterocycles. The second-order valence-electron chi connectivity index (χ2n) is 8.06. The number of carbonyl (C=O) groups excluding carboxylic acids is 2. The summed E-state index contributed by atoms with van der Waals surface area (Å²) in [6.07, 6.45) is 4.81. The minimum atomic E-state index is -0.561. The Balaban J connectivity index is 1.47. The third kappa shape index (κ3) is 5.28. The molecule has 3 rings (SSSR count). The maximum Gasteiger partial charge on any atom is 0.407 e. The van der Waals surface area contributed by atoms with Crippen LogP contribution in [0.25, 0.3) is 0 Å². The highest BCUT2D eigenvalue weighted by molar-refractivity contribution is 5.91. The Morgan fingerprint density at radius 1 is 1.11 bits per heavy atom. The van der Waals surface area contributed by atoms with Gasteiger partial charge in [-0.1, -0.05) is 6.42 Å². The number of benzene rings is 1. The van der Waals surface area contributed by atoms with E-state index in [-0.39, 0.29) is 18.9 Å². The van der Waals surface area contributed by atoms with Gasteiger partial charge in [0.2, 0.25) is 5.91 Å². The van der Waals surface area contributed by atoms with Crippen LogP contribution in [0.3, 0.4) is 0 Å². The number of rotatable bonds is 4. The molecule has 27 heavy (non-hydrogen) atoms. The average Bonchev–Trinajstić information content (AvgIpc) is 2.90. The van der Waals surface area contributed by atoms with Crippen molar-refractivity contribution >= 4 is 17.7 Å². The maximum absolute atomic E-state index is 12.1. The summed E-state index contributed by atoms with van der Waals surface area (Å²) in [6.45, 7) is 5.57. The number of hydrogen-bond acceptors (Lipinski definition) is 5. The van der Waals surface area contributed by atoms with E-state index in [9.17, 15) is 9.59 Å². The number of hydrogen-bond donors (Lipinski definition) is 2. The van der Waals surface area contributed by atoms with Gasteiger partial charge in [0, 0.05) is 37.6 Å². The molecule has 1 fully saturated rings. The number of alkyl carbamates (subject to hydrolysis) is 1. The predicted octanol–water partition coefficient (Wildman–Crippen LogP) is 3.97. The Kier molecular flexibility index (Phi) is 5.48. The molecule has 1 saturated carbocycles. The lowest BCUT2D eigenvalue weighted by molar-refractivity contribution is -0.116. The molecule has 0 radical (unpaired) electrons. The van der Waals surface area contributed by atoms with Gasteiger partial charge in [0.1, 0.15) is 5.60 Å². The molecule has 1 aliphatic carbocycles. The van der Waals surface area contributed by atoms with Crippen molar-refractivity contribution < 1.29 is 23.8 Å². The van der Waals surface area contributed by atoms with E-state index < -0.39 is 17.5 Å². The standard InChI is InChI=1S/C20H28N2O5/c1-19(2,3)27-18(24)21-12-9-17(23)22-14-7-8-15-16(13-14)26-20(25-15)10-5-4-6-11-20/h7-8,13H,4-6,9-12H2,1-3H3,(H,21,24)(H,22,23). The van der Waals surface area contributed by atoms with Crippen LogP contribution in [0.2, 0.25) is 0 Å². The van der Waals surface area contributed by atoms with E-state index in [1.807, 2.05) is 6.07 Å². The van der Waals surface area contributed by atoms with Crippen molar-refractivity contribution in [1.29, 1.82) is 0 Å². The first kappa shape index (κ1) is 19.3. The number of carbonyl (C=O) groups is 2. The van der Waals surface area contributed by atoms with Crippen LogP contribution in [0.1, 0.15) is 59.3 Å². The van der Waals surface area contributed by atoms with E-state index in [2.05, 4.69) is 10.6 Å². The second kappa shape index (κ2) is 7.66. The molecule has 1 aromatic carbocycles. The first-order valence-electron chi connectivity index (χ1n) is 9.54. The SMILES string of the molecule is CC(C)(C)OC(=O)NCCC(=O)Nc1ccc2c(c1)OC1(CCCCC1)O2. The summed E-state index contributed by atoms with van der Waals surface area (Å²) in [7, 11) is 0. The highest BCUT2D eigenvalue weighted by atomic mass is 16.7. The van der Waals surface area contributed by atoms with E-state index in [0.29, 0.717) is 11.4 Å². The molecule has 0 atom stereocenters. The minimum Gasteiger partial charge on any atom is -0.448 e. The normalized spacial score (nSPS) is 17.4. The lowest BCUT2D eigenvalue weighted by Gasteiger charge is -2.31. The molecule has 0 saturated heterocycles. The molecule has 7 heteroatoms. The van der Waals surface area contributed by atoms with Gasteiger partial charge in [-0.15, -0.1) is 0 Å². The van der Waals surface area contributed by atoms with Crippen molar-refractivity contribution in [3.8, 4) is 11.5 Å². The van der Waals surface area contributed by atoms with Gasteiger partial charge in [0.05, 0.1) is 0 Å². The fourth-order valence-corrected chi connectivity index (χ4v) is 3.28. The van der Waals surface area contributed by atoms with Gasteiger partial charge in [-0.2, -0.15) is 0 Å². The fourth-order valence-electron chi connectivity index (χ4n) is 3.28. The first-order chi connectivity index (χ1) is 12.7. The van der Waals surface area contributed by atoms with Crippen LogP contribution < -0.4 is 20.1 Å². The van der Waals surface area contributed by atoms with Crippen LogP contribution in [0.15, 0.2) is 18.2 Å². The fraction of sp³-hybridized carbons (Fsp3) is 0.600. The minimum absolute atomic E-state index is 0.150. The highest BCUT2D eigenvalue weighted by Gasteiger charge is 2.42. The molecule has 1 heterocycles. The Morgan fingerprint density at radius 3 is 2.52 bits per heavy atom. The van der Waals surface area contributed by atoms with Gasteiger partial charge < -0.3 is 24.8 Å². The largest absolute Gasteiger partial charge is 0.448 e. The van der Waals surface area contributed by atoms with Crippen molar-refractivity contribution in [3.05, 3.63) is 18.2 Å². The smallest absolute Gasteiger partial charge is 0.407 e. The molecule has 0 unspecified atom stereocenters. The van der Waals surface area contributed by atoms with Crippen LogP contribution >= 0.6 is 0 Å². The van der Waals surface area contributed by atoms with E-state index in [1.165, 1.54) is 6.42 Å². The van der Waals surface area contributed by atoms with Crippen LogP contribution in [0.4, 0.5) is 10.5 Å². The molecule has 2 amide bonds. The number of ether oxygens (including phenoxy) is 3. The molecular formula is C20H28N2O5. The molecule has 0 bridgehead atoms. The van der Waals surface area contributed by atoms with E-state index >= 15 is 0 Å². The summed E-state index contributed by atoms with van der Waals surface area (Å²) in [5, 5.41) is 5.39. The molecule has 1 aromatic rings. The lowest BCUT2D eigenvalue weighted by Crippen LogP contribution is -2.40. The third-order valence-corrected chi connectivity index (χ3v) is 4.46. The maximum atomic E-state index is 12.1. The van der Waals surface area contributed by atoms with Gasteiger partial charge >= 0.3 is 6.09 Å². The zero-order valence-corrected chi connectivity index (χ0v) is 16.2. The van der Waals surface area contributed by atoms with Gasteiger partial charge in [-0.3, -0.25) is 4.79 Å². The Labute approximate surface area is 159 Å². The summed E-state index contributed by atoms with van der Waals surface area (Å²) >= 11 is 0. The highest BCUT2D eigenvalue weighted by Crippen LogP contribution is 2.46. The Hall–Kier alpha value is -2.44. The Morgan fingerprint density at radius 2 is 1.81 bits per heavy atom. The summed E-state index contributed by atoms with van der Waals surface area (Å²) < 4.78 is 17.2. The molecule has 2 aliphatic rings. The Bertz CT molecular complexity index is 705. The first-order valence-corrected chi connectivity index (χ1v) is 9.54. The number of nitrogens with one attached hydrogen (secondary N) is 2. The molecule has 148 valence electrons. The van der Waals surface area contributed by atoms with E-state index in [4.69, 9.17) is 14.2 Å². The van der Waals surface area contributed by atoms with Crippen LogP contribution in [0.5, 0.6) is 11.5 Å². The summed E-state index contributed by atoms with van der Waals surface area (Å²) in [4.78, 5) is 23.7. The quantitative estimate of drug-likeness (QED) is 0.830. The number of fused-ring (bicyclic) bond motifs is 1. The number of anilines is 1. The van der Waals surface area contributed by atoms with Crippen molar-refractivity contribution in [2.24, 2.45) is 0 Å². The number of amides is 2. The van der Waals surface area contributed by atoms with Crippen molar-refractivity contribution in [1.82, 2.24) is 5.32 Å². The van der Waals surface area contributed by atoms with Crippen LogP contribution in [0, 0.1) is 0 Å². The lowest BCUT2D eigenvalue weighted by atomic mass is 9.94. The summed E-state index contributed by atoms with van der Waals surface area (Å²) in [6, 6.07) is 5.41. The second-order valence-corrected chi connectivity index (χ2v) is 8.06. The van der Waals surface area contributed by atoms with Crippen molar-refractivity contribution in [2.75, 3.05) is 11.9 Å². The van der Waals surface area contributed by atoms with Crippen LogP contribution in [-0.4, -0.2) is 29.9 Å². The van der Waals surface area contributed by atoms with Gasteiger partial charge in [0.15, 0.2) is 11.5 Å². The predicted molar refractivity (Wildman–Crippen MR) is 101 cm³/mol. The molecule has 1 spiro atoms. The summed E-state index contributed by atoms with van der Waals surface area (Å²) in [5.41, 5.74) is 0.0848.